The highest BCUT2D eigenvalue weighted by Gasteiger charge is 2.11. The van der Waals surface area contributed by atoms with E-state index in [1.165, 1.54) is 16.0 Å². The minimum atomic E-state index is 0.916. The highest BCUT2D eigenvalue weighted by molar-refractivity contribution is 9.11. The molecule has 70 valence electrons. The maximum Gasteiger partial charge on any atom is 0.0895 e. The Bertz CT molecular complexity index is 296. The zero-order valence-electron chi connectivity index (χ0n) is 7.11. The zero-order valence-corrected chi connectivity index (χ0v) is 9.51. The van der Waals surface area contributed by atoms with Crippen LogP contribution in [0.5, 0.6) is 0 Å². The van der Waals surface area contributed by atoms with E-state index in [0.717, 1.165) is 31.7 Å². The Hall–Kier alpha value is -0.260. The quantitative estimate of drug-likeness (QED) is 0.814. The largest absolute Gasteiger partial charge is 0.292 e. The van der Waals surface area contributed by atoms with E-state index in [4.69, 9.17) is 0 Å². The molecule has 0 unspecified atom stereocenters. The van der Waals surface area contributed by atoms with E-state index >= 15 is 0 Å². The topological polar surface area (TPSA) is 29.0 Å². The van der Waals surface area contributed by atoms with Gasteiger partial charge in [-0.3, -0.25) is 4.90 Å². The average molecular weight is 260 g/mol. The van der Waals surface area contributed by atoms with Crippen LogP contribution in [0.15, 0.2) is 15.9 Å². The molecule has 0 fully saturated rings. The lowest BCUT2D eigenvalue weighted by molar-refractivity contribution is 0.285. The van der Waals surface area contributed by atoms with Gasteiger partial charge in [0, 0.05) is 29.5 Å². The maximum absolute atomic E-state index is 4.03. The summed E-state index contributed by atoms with van der Waals surface area (Å²) in [6, 6.07) is 0. The third-order valence-corrected chi connectivity index (χ3v) is 3.10. The Morgan fingerprint density at radius 2 is 2.54 bits per heavy atom. The number of nitrogens with zero attached hydrogens (tertiary/aromatic N) is 3. The van der Waals surface area contributed by atoms with Crippen LogP contribution in [0.3, 0.4) is 0 Å². The number of halogens is 1. The van der Waals surface area contributed by atoms with E-state index < -0.39 is 0 Å². The summed E-state index contributed by atoms with van der Waals surface area (Å²) < 4.78 is 5.12. The van der Waals surface area contributed by atoms with Crippen LogP contribution in [0, 0.1) is 0 Å². The molecule has 0 aliphatic carbocycles. The van der Waals surface area contributed by atoms with Gasteiger partial charge in [0.1, 0.15) is 0 Å². The standard InChI is InChI=1S/C8H10BrN3S/c9-7-2-1-3-12(4-7)5-8-6-13-11-10-8/h2,6H,1,3-5H2. The van der Waals surface area contributed by atoms with Gasteiger partial charge in [-0.15, -0.1) is 5.10 Å². The normalized spacial score (nSPS) is 18.7. The molecule has 0 saturated carbocycles. The molecule has 0 spiro atoms. The van der Waals surface area contributed by atoms with Crippen LogP contribution in [-0.4, -0.2) is 27.6 Å². The molecule has 3 nitrogen and oxygen atoms in total. The van der Waals surface area contributed by atoms with Crippen LogP contribution < -0.4 is 0 Å². The highest BCUT2D eigenvalue weighted by atomic mass is 79.9. The van der Waals surface area contributed by atoms with Crippen molar-refractivity contribution in [1.29, 1.82) is 0 Å². The first-order valence-electron chi connectivity index (χ1n) is 4.17. The minimum absolute atomic E-state index is 0.916. The van der Waals surface area contributed by atoms with Gasteiger partial charge in [0.2, 0.25) is 0 Å². The fourth-order valence-electron chi connectivity index (χ4n) is 1.38. The van der Waals surface area contributed by atoms with Crippen LogP contribution in [0.25, 0.3) is 0 Å². The lowest BCUT2D eigenvalue weighted by Gasteiger charge is -2.23. The fourth-order valence-corrected chi connectivity index (χ4v) is 2.40. The third-order valence-electron chi connectivity index (χ3n) is 1.98. The van der Waals surface area contributed by atoms with Crippen LogP contribution in [0.2, 0.25) is 0 Å². The van der Waals surface area contributed by atoms with E-state index in [-0.39, 0.29) is 0 Å². The van der Waals surface area contributed by atoms with E-state index in [0.29, 0.717) is 0 Å². The number of rotatable bonds is 2. The van der Waals surface area contributed by atoms with Crippen molar-refractivity contribution >= 4 is 27.5 Å². The van der Waals surface area contributed by atoms with Crippen molar-refractivity contribution in [3.05, 3.63) is 21.6 Å². The first-order valence-corrected chi connectivity index (χ1v) is 5.80. The summed E-state index contributed by atoms with van der Waals surface area (Å²) in [5.41, 5.74) is 1.08. The van der Waals surface area contributed by atoms with Crippen LogP contribution >= 0.6 is 27.5 Å². The molecule has 13 heavy (non-hydrogen) atoms. The predicted octanol–water partition coefficient (Wildman–Crippen LogP) is 2.02. The van der Waals surface area contributed by atoms with Crippen molar-refractivity contribution in [1.82, 2.24) is 14.5 Å². The molecule has 1 aromatic rings. The van der Waals surface area contributed by atoms with Gasteiger partial charge >= 0.3 is 0 Å². The van der Waals surface area contributed by atoms with Crippen LogP contribution in [0.4, 0.5) is 0 Å². The summed E-state index contributed by atoms with van der Waals surface area (Å²) in [6.45, 7) is 3.03. The molecule has 0 saturated heterocycles. The Morgan fingerprint density at radius 1 is 1.62 bits per heavy atom. The molecule has 5 heteroatoms. The summed E-state index contributed by atoms with van der Waals surface area (Å²) in [5, 5.41) is 6.03. The van der Waals surface area contributed by atoms with Crippen molar-refractivity contribution in [3.63, 3.8) is 0 Å². The molecular weight excluding hydrogens is 250 g/mol. The number of hydrogen-bond donors (Lipinski definition) is 0. The molecule has 0 amide bonds. The van der Waals surface area contributed by atoms with Crippen molar-refractivity contribution in [2.24, 2.45) is 0 Å². The van der Waals surface area contributed by atoms with Crippen LogP contribution in [-0.2, 0) is 6.54 Å². The van der Waals surface area contributed by atoms with E-state index in [1.807, 2.05) is 5.38 Å². The maximum atomic E-state index is 4.03. The second-order valence-corrected chi connectivity index (χ2v) is 4.67. The second kappa shape index (κ2) is 4.30. The molecule has 1 aliphatic heterocycles. The van der Waals surface area contributed by atoms with E-state index in [2.05, 4.69) is 36.5 Å². The molecule has 0 atom stereocenters. The summed E-state index contributed by atoms with van der Waals surface area (Å²) in [6.07, 6.45) is 3.36. The summed E-state index contributed by atoms with van der Waals surface area (Å²) >= 11 is 4.93. The molecule has 0 bridgehead atoms. The molecule has 2 heterocycles. The lowest BCUT2D eigenvalue weighted by atomic mass is 10.2. The summed E-state index contributed by atoms with van der Waals surface area (Å²) in [4.78, 5) is 2.36. The smallest absolute Gasteiger partial charge is 0.0895 e. The van der Waals surface area contributed by atoms with Gasteiger partial charge in [-0.05, 0) is 18.0 Å². The van der Waals surface area contributed by atoms with Gasteiger partial charge in [0.15, 0.2) is 0 Å². The molecule has 0 N–H and O–H groups in total. The zero-order chi connectivity index (χ0) is 9.10. The van der Waals surface area contributed by atoms with Crippen molar-refractivity contribution in [3.8, 4) is 0 Å². The third kappa shape index (κ3) is 2.59. The van der Waals surface area contributed by atoms with E-state index in [9.17, 15) is 0 Å². The van der Waals surface area contributed by atoms with Crippen molar-refractivity contribution < 1.29 is 0 Å². The minimum Gasteiger partial charge on any atom is -0.292 e. The molecule has 1 aromatic heterocycles. The number of aromatic nitrogens is 2. The molecule has 0 radical (unpaired) electrons. The Labute approximate surface area is 89.7 Å². The van der Waals surface area contributed by atoms with Crippen molar-refractivity contribution in [2.75, 3.05) is 13.1 Å². The lowest BCUT2D eigenvalue weighted by Crippen LogP contribution is -2.28. The second-order valence-electron chi connectivity index (χ2n) is 3.05. The Kier molecular flexibility index (Phi) is 3.08. The van der Waals surface area contributed by atoms with Gasteiger partial charge in [0.05, 0.1) is 5.69 Å². The van der Waals surface area contributed by atoms with Gasteiger partial charge < -0.3 is 0 Å². The van der Waals surface area contributed by atoms with Gasteiger partial charge in [-0.25, -0.2) is 0 Å². The Balaban J connectivity index is 1.93. The molecular formula is C8H10BrN3S. The first kappa shape index (κ1) is 9.30. The summed E-state index contributed by atoms with van der Waals surface area (Å²) in [7, 11) is 0. The fraction of sp³-hybridized carbons (Fsp3) is 0.500. The monoisotopic (exact) mass is 259 g/mol. The SMILES string of the molecule is BrC1=CCCN(Cc2csnn2)C1. The molecule has 0 aromatic carbocycles. The number of hydrogen-bond acceptors (Lipinski definition) is 4. The molecule has 1 aliphatic rings. The average Bonchev–Trinajstić information content (AvgIpc) is 2.57. The van der Waals surface area contributed by atoms with Crippen molar-refractivity contribution in [2.45, 2.75) is 13.0 Å². The first-order chi connectivity index (χ1) is 6.34. The van der Waals surface area contributed by atoms with Crippen LogP contribution in [0.1, 0.15) is 12.1 Å². The highest BCUT2D eigenvalue weighted by Crippen LogP contribution is 2.16. The Morgan fingerprint density at radius 3 is 3.23 bits per heavy atom. The summed E-state index contributed by atoms with van der Waals surface area (Å²) in [5.74, 6) is 0. The van der Waals surface area contributed by atoms with Gasteiger partial charge in [0.25, 0.3) is 0 Å². The van der Waals surface area contributed by atoms with Gasteiger partial charge in [-0.1, -0.05) is 26.5 Å². The van der Waals surface area contributed by atoms with Gasteiger partial charge in [-0.2, -0.15) is 0 Å². The predicted molar refractivity (Wildman–Crippen MR) is 56.8 cm³/mol. The van der Waals surface area contributed by atoms with E-state index in [1.54, 1.807) is 0 Å². The molecule has 2 rings (SSSR count).